The zero-order valence-electron chi connectivity index (χ0n) is 8.84. The van der Waals surface area contributed by atoms with Crippen molar-refractivity contribution in [3.05, 3.63) is 0 Å². The molecule has 0 aromatic rings. The van der Waals surface area contributed by atoms with E-state index in [4.69, 9.17) is 0 Å². The molecule has 0 fully saturated rings. The van der Waals surface area contributed by atoms with Crippen LogP contribution in [0, 0.1) is 0 Å². The van der Waals surface area contributed by atoms with Crippen molar-refractivity contribution in [2.24, 2.45) is 0 Å². The van der Waals surface area contributed by atoms with Gasteiger partial charge in [-0.1, -0.05) is 19.8 Å². The molecule has 0 heterocycles. The summed E-state index contributed by atoms with van der Waals surface area (Å²) in [4.78, 5) is 0. The van der Waals surface area contributed by atoms with Crippen molar-refractivity contribution < 1.29 is 8.42 Å². The maximum Gasteiger partial charge on any atom is 0.147 e. The van der Waals surface area contributed by atoms with E-state index in [1.165, 1.54) is 6.26 Å². The van der Waals surface area contributed by atoms with Gasteiger partial charge in [-0.05, 0) is 19.9 Å². The standard InChI is InChI=1S/C9H21NO2S/c1-4-5-6-9(10-2)7-8-13(3,11)12/h9-10H,4-8H2,1-3H3. The Morgan fingerprint density at radius 1 is 1.31 bits per heavy atom. The minimum absolute atomic E-state index is 0.294. The van der Waals surface area contributed by atoms with Crippen LogP contribution >= 0.6 is 0 Å². The van der Waals surface area contributed by atoms with Crippen LogP contribution in [0.25, 0.3) is 0 Å². The number of hydrogen-bond donors (Lipinski definition) is 1. The molecule has 0 saturated heterocycles. The molecule has 0 aliphatic carbocycles. The molecule has 0 radical (unpaired) electrons. The Labute approximate surface area is 81.8 Å². The Kier molecular flexibility index (Phi) is 6.33. The number of rotatable bonds is 7. The molecule has 3 nitrogen and oxygen atoms in total. The first-order valence-electron chi connectivity index (χ1n) is 4.84. The van der Waals surface area contributed by atoms with Crippen LogP contribution in [0.3, 0.4) is 0 Å². The summed E-state index contributed by atoms with van der Waals surface area (Å²) in [7, 11) is -0.903. The van der Waals surface area contributed by atoms with Crippen molar-refractivity contribution >= 4 is 9.84 Å². The molecule has 0 saturated carbocycles. The molecule has 13 heavy (non-hydrogen) atoms. The Bertz CT molecular complexity index is 212. The van der Waals surface area contributed by atoms with E-state index in [0.29, 0.717) is 11.8 Å². The van der Waals surface area contributed by atoms with E-state index in [0.717, 1.165) is 25.7 Å². The van der Waals surface area contributed by atoms with Crippen molar-refractivity contribution in [2.75, 3.05) is 19.1 Å². The van der Waals surface area contributed by atoms with Gasteiger partial charge in [0.2, 0.25) is 0 Å². The van der Waals surface area contributed by atoms with E-state index >= 15 is 0 Å². The first kappa shape index (κ1) is 12.9. The van der Waals surface area contributed by atoms with Crippen molar-refractivity contribution in [2.45, 2.75) is 38.6 Å². The molecule has 0 rings (SSSR count). The zero-order valence-corrected chi connectivity index (χ0v) is 9.65. The number of sulfone groups is 1. The molecule has 0 bridgehead atoms. The van der Waals surface area contributed by atoms with Crippen LogP contribution in [0.5, 0.6) is 0 Å². The number of unbranched alkanes of at least 4 members (excludes halogenated alkanes) is 1. The third-order valence-electron chi connectivity index (χ3n) is 2.15. The van der Waals surface area contributed by atoms with Gasteiger partial charge in [0.05, 0.1) is 5.75 Å². The molecule has 1 atom stereocenters. The lowest BCUT2D eigenvalue weighted by atomic mass is 10.1. The molecule has 4 heteroatoms. The second kappa shape index (κ2) is 6.38. The van der Waals surface area contributed by atoms with E-state index in [9.17, 15) is 8.42 Å². The lowest BCUT2D eigenvalue weighted by Crippen LogP contribution is -2.27. The summed E-state index contributed by atoms with van der Waals surface area (Å²) in [6, 6.07) is 0.356. The van der Waals surface area contributed by atoms with Crippen LogP contribution in [0.4, 0.5) is 0 Å². The van der Waals surface area contributed by atoms with Gasteiger partial charge in [0.25, 0.3) is 0 Å². The summed E-state index contributed by atoms with van der Waals surface area (Å²) in [6.45, 7) is 2.14. The van der Waals surface area contributed by atoms with E-state index in [1.54, 1.807) is 0 Å². The quantitative estimate of drug-likeness (QED) is 0.682. The molecular weight excluding hydrogens is 186 g/mol. The van der Waals surface area contributed by atoms with Crippen molar-refractivity contribution in [1.82, 2.24) is 5.32 Å². The van der Waals surface area contributed by atoms with E-state index in [1.807, 2.05) is 7.05 Å². The molecule has 0 aliphatic rings. The van der Waals surface area contributed by atoms with E-state index in [2.05, 4.69) is 12.2 Å². The fourth-order valence-corrected chi connectivity index (χ4v) is 1.95. The predicted molar refractivity (Wildman–Crippen MR) is 56.7 cm³/mol. The Morgan fingerprint density at radius 3 is 2.31 bits per heavy atom. The summed E-state index contributed by atoms with van der Waals surface area (Å²) >= 11 is 0. The second-order valence-electron chi connectivity index (χ2n) is 3.55. The van der Waals surface area contributed by atoms with Gasteiger partial charge in [0.15, 0.2) is 0 Å². The van der Waals surface area contributed by atoms with Crippen LogP contribution in [0.15, 0.2) is 0 Å². The van der Waals surface area contributed by atoms with E-state index in [-0.39, 0.29) is 0 Å². The highest BCUT2D eigenvalue weighted by molar-refractivity contribution is 7.90. The lowest BCUT2D eigenvalue weighted by molar-refractivity contribution is 0.486. The molecule has 0 amide bonds. The summed E-state index contributed by atoms with van der Waals surface area (Å²) in [5.74, 6) is 0.294. The summed E-state index contributed by atoms with van der Waals surface area (Å²) in [6.07, 6.45) is 5.42. The smallest absolute Gasteiger partial charge is 0.147 e. The normalized spacial score (nSPS) is 14.4. The predicted octanol–water partition coefficient (Wildman–Crippen LogP) is 1.20. The fraction of sp³-hybridized carbons (Fsp3) is 1.00. The van der Waals surface area contributed by atoms with Crippen molar-refractivity contribution in [3.8, 4) is 0 Å². The Hall–Kier alpha value is -0.0900. The second-order valence-corrected chi connectivity index (χ2v) is 5.81. The van der Waals surface area contributed by atoms with Gasteiger partial charge in [-0.3, -0.25) is 0 Å². The van der Waals surface area contributed by atoms with Gasteiger partial charge < -0.3 is 5.32 Å². The molecule has 0 aliphatic heterocycles. The Morgan fingerprint density at radius 2 is 1.92 bits per heavy atom. The summed E-state index contributed by atoms with van der Waals surface area (Å²) in [5.41, 5.74) is 0. The highest BCUT2D eigenvalue weighted by Crippen LogP contribution is 2.05. The minimum atomic E-state index is -2.79. The van der Waals surface area contributed by atoms with Crippen molar-refractivity contribution in [3.63, 3.8) is 0 Å². The van der Waals surface area contributed by atoms with Gasteiger partial charge in [-0.15, -0.1) is 0 Å². The monoisotopic (exact) mass is 207 g/mol. The van der Waals surface area contributed by atoms with Gasteiger partial charge >= 0.3 is 0 Å². The summed E-state index contributed by atoms with van der Waals surface area (Å²) < 4.78 is 21.8. The molecular formula is C9H21NO2S. The number of nitrogens with one attached hydrogen (secondary N) is 1. The molecule has 1 unspecified atom stereocenters. The minimum Gasteiger partial charge on any atom is -0.317 e. The SMILES string of the molecule is CCCCC(CCS(C)(=O)=O)NC. The highest BCUT2D eigenvalue weighted by Gasteiger charge is 2.09. The first-order chi connectivity index (χ1) is 5.99. The molecule has 80 valence electrons. The molecule has 0 spiro atoms. The highest BCUT2D eigenvalue weighted by atomic mass is 32.2. The maximum atomic E-state index is 10.9. The van der Waals surface area contributed by atoms with Crippen LogP contribution in [0.1, 0.15) is 32.6 Å². The summed E-state index contributed by atoms with van der Waals surface area (Å²) in [5, 5.41) is 3.14. The van der Waals surface area contributed by atoms with Gasteiger partial charge in [0.1, 0.15) is 9.84 Å². The van der Waals surface area contributed by atoms with Crippen LogP contribution in [-0.2, 0) is 9.84 Å². The van der Waals surface area contributed by atoms with Gasteiger partial charge in [-0.2, -0.15) is 0 Å². The van der Waals surface area contributed by atoms with Crippen LogP contribution < -0.4 is 5.32 Å². The average Bonchev–Trinajstić information content (AvgIpc) is 2.03. The topological polar surface area (TPSA) is 46.2 Å². The largest absolute Gasteiger partial charge is 0.317 e. The fourth-order valence-electron chi connectivity index (χ4n) is 1.24. The third kappa shape index (κ3) is 8.25. The van der Waals surface area contributed by atoms with Crippen LogP contribution in [0.2, 0.25) is 0 Å². The van der Waals surface area contributed by atoms with Crippen LogP contribution in [-0.4, -0.2) is 33.5 Å². The molecule has 0 aromatic heterocycles. The van der Waals surface area contributed by atoms with Gasteiger partial charge in [-0.25, -0.2) is 8.42 Å². The van der Waals surface area contributed by atoms with E-state index < -0.39 is 9.84 Å². The number of hydrogen-bond acceptors (Lipinski definition) is 3. The maximum absolute atomic E-state index is 10.9. The van der Waals surface area contributed by atoms with Gasteiger partial charge in [0, 0.05) is 12.3 Å². The third-order valence-corrected chi connectivity index (χ3v) is 3.13. The average molecular weight is 207 g/mol. The zero-order chi connectivity index (χ0) is 10.3. The molecule has 0 aromatic carbocycles. The first-order valence-corrected chi connectivity index (χ1v) is 6.90. The Balaban J connectivity index is 3.72. The molecule has 1 N–H and O–H groups in total. The lowest BCUT2D eigenvalue weighted by Gasteiger charge is -2.14. The van der Waals surface area contributed by atoms with Crippen molar-refractivity contribution in [1.29, 1.82) is 0 Å².